The minimum atomic E-state index is -4.74. The van der Waals surface area contributed by atoms with Crippen molar-refractivity contribution in [2.75, 3.05) is 11.4 Å². The summed E-state index contributed by atoms with van der Waals surface area (Å²) in [6.07, 6.45) is 1.01. The average Bonchev–Trinajstić information content (AvgIpc) is 3.19. The highest BCUT2D eigenvalue weighted by Crippen LogP contribution is 2.34. The van der Waals surface area contributed by atoms with Crippen LogP contribution in [0.2, 0.25) is 0 Å². The van der Waals surface area contributed by atoms with Crippen LogP contribution in [0.3, 0.4) is 0 Å². The Kier molecular flexibility index (Phi) is 5.65. The molecule has 0 spiro atoms. The van der Waals surface area contributed by atoms with Crippen LogP contribution in [0.25, 0.3) is 0 Å². The number of ether oxygens (including phenoxy) is 2. The lowest BCUT2D eigenvalue weighted by atomic mass is 10.1. The molecule has 2 aliphatic heterocycles. The van der Waals surface area contributed by atoms with E-state index in [1.807, 2.05) is 6.08 Å². The lowest BCUT2D eigenvalue weighted by Gasteiger charge is -2.26. The number of nitrogens with zero attached hydrogens (tertiary/aromatic N) is 4. The van der Waals surface area contributed by atoms with Gasteiger partial charge in [0.05, 0.1) is 12.6 Å². The van der Waals surface area contributed by atoms with Crippen molar-refractivity contribution < 1.29 is 31.4 Å². The predicted octanol–water partition coefficient (Wildman–Crippen LogP) is 4.46. The van der Waals surface area contributed by atoms with Crippen molar-refractivity contribution >= 4 is 5.82 Å². The number of pyridine rings is 1. The van der Waals surface area contributed by atoms with E-state index >= 15 is 0 Å². The number of aromatic nitrogens is 3. The van der Waals surface area contributed by atoms with Gasteiger partial charge >= 0.3 is 11.9 Å². The fourth-order valence-corrected chi connectivity index (χ4v) is 4.02. The van der Waals surface area contributed by atoms with Crippen LogP contribution in [0.4, 0.5) is 27.8 Å². The largest absolute Gasteiger partial charge is 0.473 e. The summed E-state index contributed by atoms with van der Waals surface area (Å²) in [4.78, 5) is 21.5. The summed E-state index contributed by atoms with van der Waals surface area (Å²) in [7, 11) is 0. The summed E-state index contributed by atoms with van der Waals surface area (Å²) in [5, 5.41) is 0. The summed E-state index contributed by atoms with van der Waals surface area (Å²) in [5.41, 5.74) is -1.68. The summed E-state index contributed by atoms with van der Waals surface area (Å²) in [6, 6.07) is 5.11. The van der Waals surface area contributed by atoms with Gasteiger partial charge in [0.1, 0.15) is 23.9 Å². The number of alkyl halides is 3. The van der Waals surface area contributed by atoms with Gasteiger partial charge in [-0.3, -0.25) is 9.55 Å². The Bertz CT molecular complexity index is 1350. The number of hydrogen-bond donors (Lipinski definition) is 0. The molecule has 0 fully saturated rings. The van der Waals surface area contributed by atoms with Crippen LogP contribution < -0.4 is 20.1 Å². The number of rotatable bonds is 5. The molecule has 35 heavy (non-hydrogen) atoms. The lowest BCUT2D eigenvalue weighted by Crippen LogP contribution is -2.33. The van der Waals surface area contributed by atoms with Crippen LogP contribution >= 0.6 is 0 Å². The fourth-order valence-electron chi connectivity index (χ4n) is 4.02. The van der Waals surface area contributed by atoms with Crippen molar-refractivity contribution in [1.82, 2.24) is 14.5 Å². The van der Waals surface area contributed by atoms with Crippen LogP contribution in [0.15, 0.2) is 53.5 Å². The maximum atomic E-state index is 14.5. The molecule has 0 N–H and O–H groups in total. The van der Waals surface area contributed by atoms with E-state index in [2.05, 4.69) is 20.9 Å². The summed E-state index contributed by atoms with van der Waals surface area (Å²) < 4.78 is 79.6. The van der Waals surface area contributed by atoms with Crippen molar-refractivity contribution in [2.24, 2.45) is 0 Å². The molecule has 1 atom stereocenters. The summed E-state index contributed by atoms with van der Waals surface area (Å²) in [6.45, 7) is 0.919. The summed E-state index contributed by atoms with van der Waals surface area (Å²) >= 11 is 0. The molecule has 1 aromatic carbocycles. The van der Waals surface area contributed by atoms with Gasteiger partial charge in [-0.25, -0.2) is 13.6 Å². The molecular formula is C23H17F5N4O3. The average molecular weight is 492 g/mol. The fraction of sp³-hybridized carbons (Fsp3) is 0.261. The molecule has 0 amide bonds. The smallest absolute Gasteiger partial charge is 0.433 e. The van der Waals surface area contributed by atoms with E-state index in [1.54, 1.807) is 10.6 Å². The van der Waals surface area contributed by atoms with Gasteiger partial charge < -0.3 is 14.4 Å². The molecular weight excluding hydrogens is 475 g/mol. The molecule has 0 bridgehead atoms. The molecule has 2 aromatic heterocycles. The predicted molar refractivity (Wildman–Crippen MR) is 113 cm³/mol. The minimum Gasteiger partial charge on any atom is -0.473 e. The Morgan fingerprint density at radius 1 is 1.11 bits per heavy atom. The highest BCUT2D eigenvalue weighted by atomic mass is 19.4. The first-order valence-corrected chi connectivity index (χ1v) is 10.6. The Morgan fingerprint density at radius 3 is 2.63 bits per heavy atom. The third kappa shape index (κ3) is 4.55. The highest BCUT2D eigenvalue weighted by molar-refractivity contribution is 5.49. The van der Waals surface area contributed by atoms with E-state index in [-0.39, 0.29) is 24.1 Å². The Hall–Kier alpha value is -3.96. The Morgan fingerprint density at radius 2 is 1.89 bits per heavy atom. The van der Waals surface area contributed by atoms with E-state index in [4.69, 9.17) is 9.47 Å². The molecule has 4 heterocycles. The van der Waals surface area contributed by atoms with Gasteiger partial charge in [-0.15, -0.1) is 0 Å². The third-order valence-electron chi connectivity index (χ3n) is 5.61. The molecule has 7 nitrogen and oxygen atoms in total. The van der Waals surface area contributed by atoms with E-state index in [0.717, 1.165) is 37.4 Å². The van der Waals surface area contributed by atoms with Gasteiger partial charge in [0, 0.05) is 24.9 Å². The standard InChI is InChI=1S/C23H17F5N4O3/c24-16-7-13(8-17(25)21(16)35-15-4-5-29-18(9-15)23(26,27)28)12-34-19-10-20-31-6-2-1-3-14(31)11-32(20)22(33)30-19/h1,3-5,7-10,14H,2,6,11-12H2/t14-/m1/s1. The molecule has 0 saturated carbocycles. The third-order valence-corrected chi connectivity index (χ3v) is 5.61. The maximum Gasteiger partial charge on any atom is 0.433 e. The van der Waals surface area contributed by atoms with Gasteiger partial charge in [0.15, 0.2) is 17.4 Å². The van der Waals surface area contributed by atoms with Crippen molar-refractivity contribution in [2.45, 2.75) is 31.8 Å². The molecule has 3 aromatic rings. The van der Waals surface area contributed by atoms with Gasteiger partial charge in [0.25, 0.3) is 0 Å². The Balaban J connectivity index is 1.32. The first-order valence-electron chi connectivity index (χ1n) is 10.6. The molecule has 12 heteroatoms. The maximum absolute atomic E-state index is 14.5. The van der Waals surface area contributed by atoms with E-state index in [0.29, 0.717) is 18.4 Å². The van der Waals surface area contributed by atoms with Gasteiger partial charge in [0.2, 0.25) is 5.88 Å². The zero-order chi connectivity index (χ0) is 24.7. The second-order valence-electron chi connectivity index (χ2n) is 7.98. The number of benzene rings is 1. The van der Waals surface area contributed by atoms with Crippen LogP contribution in [-0.2, 0) is 19.3 Å². The molecule has 0 radical (unpaired) electrons. The molecule has 0 unspecified atom stereocenters. The Labute approximate surface area is 195 Å². The number of hydrogen-bond acceptors (Lipinski definition) is 6. The normalized spacial score (nSPS) is 16.7. The second-order valence-corrected chi connectivity index (χ2v) is 7.98. The van der Waals surface area contributed by atoms with Gasteiger partial charge in [-0.1, -0.05) is 12.2 Å². The number of halogens is 5. The lowest BCUT2D eigenvalue weighted by molar-refractivity contribution is -0.141. The molecule has 0 aliphatic carbocycles. The van der Waals surface area contributed by atoms with E-state index in [1.165, 1.54) is 0 Å². The van der Waals surface area contributed by atoms with Crippen molar-refractivity contribution in [3.05, 3.63) is 82.1 Å². The minimum absolute atomic E-state index is 0.00839. The van der Waals surface area contributed by atoms with Crippen LogP contribution in [0.5, 0.6) is 17.4 Å². The van der Waals surface area contributed by atoms with E-state index in [9.17, 15) is 26.7 Å². The zero-order valence-corrected chi connectivity index (χ0v) is 17.9. The topological polar surface area (TPSA) is 69.5 Å². The number of fused-ring (bicyclic) bond motifs is 3. The highest BCUT2D eigenvalue weighted by Gasteiger charge is 2.33. The van der Waals surface area contributed by atoms with Crippen LogP contribution in [-0.4, -0.2) is 27.1 Å². The number of anilines is 1. The molecule has 0 saturated heterocycles. The monoisotopic (exact) mass is 492 g/mol. The van der Waals surface area contributed by atoms with Crippen molar-refractivity contribution in [3.63, 3.8) is 0 Å². The summed E-state index contributed by atoms with van der Waals surface area (Å²) in [5.74, 6) is -2.91. The van der Waals surface area contributed by atoms with Crippen LogP contribution in [0.1, 0.15) is 17.7 Å². The van der Waals surface area contributed by atoms with Crippen molar-refractivity contribution in [3.8, 4) is 17.4 Å². The zero-order valence-electron chi connectivity index (χ0n) is 17.9. The quantitative estimate of drug-likeness (QED) is 0.387. The van der Waals surface area contributed by atoms with Gasteiger partial charge in [-0.2, -0.15) is 18.2 Å². The first-order chi connectivity index (χ1) is 16.7. The van der Waals surface area contributed by atoms with Crippen LogP contribution in [0, 0.1) is 11.6 Å². The molecule has 2 aliphatic rings. The first kappa shape index (κ1) is 22.8. The second kappa shape index (κ2) is 8.67. The van der Waals surface area contributed by atoms with Crippen molar-refractivity contribution in [1.29, 1.82) is 0 Å². The SMILES string of the molecule is O=c1nc(OCc2cc(F)c(Oc3ccnc(C(F)(F)F)c3)c(F)c2)cc2n1C[C@H]1C=CCCN21. The molecule has 182 valence electrons. The molecule has 5 rings (SSSR count). The van der Waals surface area contributed by atoms with E-state index < -0.39 is 40.7 Å². The van der Waals surface area contributed by atoms with Gasteiger partial charge in [-0.05, 0) is 30.2 Å².